The van der Waals surface area contributed by atoms with Gasteiger partial charge >= 0.3 is 0 Å². The van der Waals surface area contributed by atoms with E-state index in [1.807, 2.05) is 0 Å². The molecule has 2 saturated heterocycles. The number of thiocarbonyl (C=S) groups is 1. The number of hydrogen-bond acceptors (Lipinski definition) is 7. The van der Waals surface area contributed by atoms with Gasteiger partial charge in [-0.3, -0.25) is 0 Å². The predicted molar refractivity (Wildman–Crippen MR) is 165 cm³/mol. The van der Waals surface area contributed by atoms with Gasteiger partial charge in [-0.2, -0.15) is 9.97 Å². The summed E-state index contributed by atoms with van der Waals surface area (Å²) in [6, 6.07) is 23.9. The fourth-order valence-corrected chi connectivity index (χ4v) is 6.12. The van der Waals surface area contributed by atoms with Gasteiger partial charge in [0.15, 0.2) is 5.11 Å². The quantitative estimate of drug-likeness (QED) is 0.443. The normalized spacial score (nSPS) is 18.4. The van der Waals surface area contributed by atoms with E-state index in [0.29, 0.717) is 17.1 Å². The third-order valence-electron chi connectivity index (χ3n) is 8.06. The van der Waals surface area contributed by atoms with Gasteiger partial charge in [0.05, 0.1) is 0 Å². The maximum absolute atomic E-state index is 5.67. The second-order valence-corrected chi connectivity index (χ2v) is 11.0. The summed E-state index contributed by atoms with van der Waals surface area (Å²) in [7, 11) is 0. The van der Waals surface area contributed by atoms with E-state index < -0.39 is 0 Å². The standard InChI is InChI=1S/C30H38N8S/c39-30(31-24-9-7-8-10-24)34-29-32-27(37-19-15-35(16-20-37)25-11-3-1-4-12-25)23-28(33-29)38-21-17-36(18-22-38)26-13-5-2-6-14-26/h1-6,11-14,23-24H,7-10,15-22H2,(H2,31,32,33,34,39). The molecule has 9 heteroatoms. The molecule has 0 radical (unpaired) electrons. The molecule has 3 aliphatic rings. The number of piperazine rings is 2. The van der Waals surface area contributed by atoms with Crippen LogP contribution in [0.5, 0.6) is 0 Å². The first kappa shape index (κ1) is 25.7. The summed E-state index contributed by atoms with van der Waals surface area (Å²) in [5.74, 6) is 2.50. The summed E-state index contributed by atoms with van der Waals surface area (Å²) in [4.78, 5) is 19.5. The topological polar surface area (TPSA) is 62.8 Å². The van der Waals surface area contributed by atoms with Crippen LogP contribution in [0, 0.1) is 0 Å². The lowest BCUT2D eigenvalue weighted by atomic mass is 10.2. The molecule has 8 nitrogen and oxygen atoms in total. The fraction of sp³-hybridized carbons (Fsp3) is 0.433. The third-order valence-corrected chi connectivity index (χ3v) is 8.28. The first-order chi connectivity index (χ1) is 19.2. The molecule has 0 amide bonds. The van der Waals surface area contributed by atoms with Crippen LogP contribution in [0.3, 0.4) is 0 Å². The summed E-state index contributed by atoms with van der Waals surface area (Å²) in [5, 5.41) is 7.41. The van der Waals surface area contributed by atoms with Crippen molar-refractivity contribution in [2.45, 2.75) is 31.7 Å². The lowest BCUT2D eigenvalue weighted by molar-refractivity contribution is 0.633. The molecule has 39 heavy (non-hydrogen) atoms. The molecular formula is C30H38N8S. The molecule has 0 spiro atoms. The minimum absolute atomic E-state index is 0.449. The van der Waals surface area contributed by atoms with Crippen molar-refractivity contribution in [3.8, 4) is 0 Å². The number of rotatable bonds is 6. The van der Waals surface area contributed by atoms with Crippen LogP contribution in [-0.2, 0) is 0 Å². The van der Waals surface area contributed by atoms with Crippen LogP contribution in [0.4, 0.5) is 29.0 Å². The zero-order valence-electron chi connectivity index (χ0n) is 22.5. The lowest BCUT2D eigenvalue weighted by Crippen LogP contribution is -2.48. The minimum atomic E-state index is 0.449. The van der Waals surface area contributed by atoms with E-state index in [9.17, 15) is 0 Å². The molecule has 3 heterocycles. The Labute approximate surface area is 237 Å². The van der Waals surface area contributed by atoms with Gasteiger partial charge in [0.25, 0.3) is 0 Å². The Morgan fingerprint density at radius 2 is 1.08 bits per heavy atom. The van der Waals surface area contributed by atoms with Crippen molar-refractivity contribution in [3.05, 3.63) is 66.7 Å². The van der Waals surface area contributed by atoms with Crippen LogP contribution in [0.1, 0.15) is 25.7 Å². The summed E-state index contributed by atoms with van der Waals surface area (Å²) in [6.07, 6.45) is 4.87. The summed E-state index contributed by atoms with van der Waals surface area (Å²) in [5.41, 5.74) is 2.56. The zero-order chi connectivity index (χ0) is 26.4. The van der Waals surface area contributed by atoms with Gasteiger partial charge in [0.2, 0.25) is 5.95 Å². The monoisotopic (exact) mass is 542 g/mol. The Hall–Kier alpha value is -3.59. The number of anilines is 5. The van der Waals surface area contributed by atoms with Gasteiger partial charge in [-0.1, -0.05) is 49.2 Å². The third kappa shape index (κ3) is 6.36. The molecule has 0 unspecified atom stereocenters. The predicted octanol–water partition coefficient (Wildman–Crippen LogP) is 4.36. The van der Waals surface area contributed by atoms with Crippen LogP contribution in [0.15, 0.2) is 66.7 Å². The molecular weight excluding hydrogens is 504 g/mol. The first-order valence-electron chi connectivity index (χ1n) is 14.3. The molecule has 6 rings (SSSR count). The molecule has 1 aromatic heterocycles. The highest BCUT2D eigenvalue weighted by molar-refractivity contribution is 7.80. The van der Waals surface area contributed by atoms with Crippen molar-refractivity contribution >= 4 is 46.3 Å². The van der Waals surface area contributed by atoms with Crippen molar-refractivity contribution < 1.29 is 0 Å². The Morgan fingerprint density at radius 3 is 1.54 bits per heavy atom. The number of para-hydroxylation sites is 2. The van der Waals surface area contributed by atoms with Gasteiger partial charge in [0.1, 0.15) is 11.6 Å². The van der Waals surface area contributed by atoms with E-state index in [4.69, 9.17) is 22.2 Å². The van der Waals surface area contributed by atoms with Gasteiger partial charge in [-0.05, 0) is 49.3 Å². The second kappa shape index (κ2) is 12.1. The van der Waals surface area contributed by atoms with Gasteiger partial charge in [-0.15, -0.1) is 0 Å². The number of aromatic nitrogens is 2. The van der Waals surface area contributed by atoms with E-state index in [-0.39, 0.29) is 0 Å². The van der Waals surface area contributed by atoms with E-state index in [1.54, 1.807) is 0 Å². The van der Waals surface area contributed by atoms with Crippen molar-refractivity contribution in [3.63, 3.8) is 0 Å². The lowest BCUT2D eigenvalue weighted by Gasteiger charge is -2.38. The van der Waals surface area contributed by atoms with Gasteiger partial charge in [0, 0.05) is 75.8 Å². The van der Waals surface area contributed by atoms with E-state index in [1.165, 1.54) is 37.1 Å². The highest BCUT2D eigenvalue weighted by atomic mass is 32.1. The molecule has 3 fully saturated rings. The van der Waals surface area contributed by atoms with Crippen LogP contribution < -0.4 is 30.2 Å². The molecule has 2 aliphatic heterocycles. The molecule has 0 bridgehead atoms. The van der Waals surface area contributed by atoms with Gasteiger partial charge in [-0.25, -0.2) is 0 Å². The Bertz CT molecular complexity index is 1140. The molecule has 3 aromatic rings. The van der Waals surface area contributed by atoms with E-state index >= 15 is 0 Å². The maximum atomic E-state index is 5.67. The average Bonchev–Trinajstić information content (AvgIpc) is 3.51. The second-order valence-electron chi connectivity index (χ2n) is 10.6. The maximum Gasteiger partial charge on any atom is 0.232 e. The Kier molecular flexibility index (Phi) is 7.95. The highest BCUT2D eigenvalue weighted by Gasteiger charge is 2.24. The molecule has 2 N–H and O–H groups in total. The highest BCUT2D eigenvalue weighted by Crippen LogP contribution is 2.26. The van der Waals surface area contributed by atoms with Crippen LogP contribution in [-0.4, -0.2) is 73.5 Å². The minimum Gasteiger partial charge on any atom is -0.368 e. The first-order valence-corrected chi connectivity index (χ1v) is 14.7. The van der Waals surface area contributed by atoms with Gasteiger partial charge < -0.3 is 30.2 Å². The molecule has 0 atom stereocenters. The van der Waals surface area contributed by atoms with E-state index in [0.717, 1.165) is 64.0 Å². The molecule has 2 aromatic carbocycles. The SMILES string of the molecule is S=C(Nc1nc(N2CCN(c3ccccc3)CC2)cc(N2CCN(c3ccccc3)CC2)n1)NC1CCCC1. The smallest absolute Gasteiger partial charge is 0.232 e. The molecule has 204 valence electrons. The molecule has 1 aliphatic carbocycles. The fourth-order valence-electron chi connectivity index (χ4n) is 5.86. The number of hydrogen-bond donors (Lipinski definition) is 2. The summed E-state index contributed by atoms with van der Waals surface area (Å²) >= 11 is 5.67. The zero-order valence-corrected chi connectivity index (χ0v) is 23.3. The number of nitrogens with one attached hydrogen (secondary N) is 2. The number of benzene rings is 2. The van der Waals surface area contributed by atoms with E-state index in [2.05, 4.69) is 97.0 Å². The van der Waals surface area contributed by atoms with Crippen LogP contribution in [0.2, 0.25) is 0 Å². The van der Waals surface area contributed by atoms with Crippen molar-refractivity contribution in [2.24, 2.45) is 0 Å². The van der Waals surface area contributed by atoms with Crippen LogP contribution >= 0.6 is 12.2 Å². The number of nitrogens with zero attached hydrogens (tertiary/aromatic N) is 6. The summed E-state index contributed by atoms with van der Waals surface area (Å²) < 4.78 is 0. The Balaban J connectivity index is 1.17. The molecule has 1 saturated carbocycles. The Morgan fingerprint density at radius 1 is 0.641 bits per heavy atom. The van der Waals surface area contributed by atoms with Crippen molar-refractivity contribution in [1.29, 1.82) is 0 Å². The van der Waals surface area contributed by atoms with Crippen molar-refractivity contribution in [2.75, 3.05) is 77.3 Å². The largest absolute Gasteiger partial charge is 0.368 e. The van der Waals surface area contributed by atoms with Crippen molar-refractivity contribution in [1.82, 2.24) is 15.3 Å². The van der Waals surface area contributed by atoms with Crippen LogP contribution in [0.25, 0.3) is 0 Å². The summed E-state index contributed by atoms with van der Waals surface area (Å²) in [6.45, 7) is 7.50. The average molecular weight is 543 g/mol.